The molecule has 406 valence electrons. The molecule has 8 aromatic rings. The second kappa shape index (κ2) is 26.0. The summed E-state index contributed by atoms with van der Waals surface area (Å²) in [4.78, 5) is 94.6. The number of oxime groups is 2. The highest BCUT2D eigenvalue weighted by Gasteiger charge is 2.27. The Kier molecular flexibility index (Phi) is 18.2. The monoisotopic (exact) mass is 1110 g/mol. The molecule has 1 atom stereocenters. The van der Waals surface area contributed by atoms with Crippen molar-refractivity contribution in [1.29, 1.82) is 0 Å². The first-order valence-corrected chi connectivity index (χ1v) is 27.9. The third-order valence-corrected chi connectivity index (χ3v) is 15.6. The van der Waals surface area contributed by atoms with E-state index in [0.717, 1.165) is 53.1 Å². The van der Waals surface area contributed by atoms with Crippen LogP contribution in [0.2, 0.25) is 0 Å². The van der Waals surface area contributed by atoms with Crippen molar-refractivity contribution in [2.24, 2.45) is 10.3 Å². The summed E-state index contributed by atoms with van der Waals surface area (Å²) in [6, 6.07) is 55.6. The number of morpholine rings is 1. The highest BCUT2D eigenvalue weighted by atomic mass is 32.2. The molecule has 0 spiro atoms. The van der Waals surface area contributed by atoms with Gasteiger partial charge in [0.2, 0.25) is 11.6 Å². The molecule has 1 aliphatic heterocycles. The largest absolute Gasteiger partial charge is 0.374 e. The van der Waals surface area contributed by atoms with E-state index in [2.05, 4.69) is 15.2 Å². The lowest BCUT2D eigenvalue weighted by Gasteiger charge is -2.35. The van der Waals surface area contributed by atoms with E-state index in [1.165, 1.54) is 37.4 Å². The van der Waals surface area contributed by atoms with Crippen molar-refractivity contribution in [3.8, 4) is 0 Å². The molecule has 9 rings (SSSR count). The van der Waals surface area contributed by atoms with E-state index in [1.54, 1.807) is 36.4 Å². The van der Waals surface area contributed by atoms with Crippen LogP contribution in [-0.4, -0.2) is 72.3 Å². The lowest BCUT2D eigenvalue weighted by atomic mass is 9.92. The zero-order valence-corrected chi connectivity index (χ0v) is 47.2. The molecule has 1 unspecified atom stereocenters. The van der Waals surface area contributed by atoms with Crippen LogP contribution in [0.3, 0.4) is 0 Å². The van der Waals surface area contributed by atoms with E-state index in [0.29, 0.717) is 70.6 Å². The fourth-order valence-electron chi connectivity index (χ4n) is 9.26. The van der Waals surface area contributed by atoms with E-state index < -0.39 is 17.7 Å². The van der Waals surface area contributed by atoms with Crippen molar-refractivity contribution in [1.82, 2.24) is 0 Å². The number of Topliss-reactive ketones (excluding diaryl/α,β-unsaturated/α-hetero) is 2. The smallest absolute Gasteiger partial charge is 0.332 e. The molecule has 0 saturated carbocycles. The SMILES string of the molecule is CC(=O)O/N=C(\C(=O)c1ccc(Sc2ccc(C(=O)c3ccc(N4CCOC(Cc5ccc(C)cc5/C(=N/OC(C)=O)C(=O)c5ccc(Sc6ccc(C(=O)c7ccccc7C)cc6)cc5)C4)cc3)cc2)cc1)c1cc(C)ccc1C. The van der Waals surface area contributed by atoms with Gasteiger partial charge in [-0.2, -0.15) is 0 Å². The molecule has 8 aromatic carbocycles. The first-order chi connectivity index (χ1) is 39.1. The number of ether oxygens (including phenoxy) is 1. The van der Waals surface area contributed by atoms with Gasteiger partial charge in [0, 0.05) is 103 Å². The fraction of sp³-hybridized carbons (Fsp3) is 0.164. The molecule has 0 N–H and O–H groups in total. The lowest BCUT2D eigenvalue weighted by molar-refractivity contribution is -0.141. The Morgan fingerprint density at radius 2 is 0.926 bits per heavy atom. The predicted molar refractivity (Wildman–Crippen MR) is 317 cm³/mol. The van der Waals surface area contributed by atoms with Gasteiger partial charge < -0.3 is 19.3 Å². The summed E-state index contributed by atoms with van der Waals surface area (Å²) in [5.41, 5.74) is 9.56. The Morgan fingerprint density at radius 1 is 0.494 bits per heavy atom. The van der Waals surface area contributed by atoms with Crippen LogP contribution in [-0.2, 0) is 30.4 Å². The predicted octanol–water partition coefficient (Wildman–Crippen LogP) is 13.4. The van der Waals surface area contributed by atoms with E-state index in [1.807, 2.05) is 173 Å². The van der Waals surface area contributed by atoms with Crippen molar-refractivity contribution in [3.63, 3.8) is 0 Å². The fourth-order valence-corrected chi connectivity index (χ4v) is 10.9. The maximum Gasteiger partial charge on any atom is 0.332 e. The average molecular weight is 1110 g/mol. The van der Waals surface area contributed by atoms with Gasteiger partial charge in [-0.25, -0.2) is 9.59 Å². The van der Waals surface area contributed by atoms with Gasteiger partial charge in [0.25, 0.3) is 0 Å². The molecule has 14 heteroatoms. The molecule has 0 aliphatic carbocycles. The molecular weight excluding hydrogens is 1050 g/mol. The standard InChI is InChI=1S/C67H57N3O9S2/c1-41-11-13-44(4)60(37-41)62(68-78-45(5)71)66(75)50-21-31-57(32-22-50)80-55-27-17-48(18-28-55)64(73)47-15-25-53(26-16-47)70-35-36-77-54(40-70)39-52-14-12-42(2)38-61(52)63(69-79-46(6)72)67(76)51-23-33-58(34-24-51)81-56-29-19-49(20-30-56)65(74)59-10-8-7-9-43(59)3/h7-34,37-38,54H,35-36,39-40H2,1-6H3/b68-62-,69-63-. The molecular formula is C67H57N3O9S2. The Morgan fingerprint density at radius 3 is 1.43 bits per heavy atom. The molecule has 1 aliphatic rings. The summed E-state index contributed by atoms with van der Waals surface area (Å²) in [7, 11) is 0. The summed E-state index contributed by atoms with van der Waals surface area (Å²) in [5.74, 6) is -2.23. The Hall–Kier alpha value is -8.82. The first kappa shape index (κ1) is 56.9. The van der Waals surface area contributed by atoms with Gasteiger partial charge in [-0.15, -0.1) is 0 Å². The number of rotatable bonds is 19. The Labute approximate surface area is 479 Å². The van der Waals surface area contributed by atoms with Crippen LogP contribution < -0.4 is 4.90 Å². The zero-order valence-electron chi connectivity index (χ0n) is 45.6. The van der Waals surface area contributed by atoms with Gasteiger partial charge in [0.05, 0.1) is 12.7 Å². The summed E-state index contributed by atoms with van der Waals surface area (Å²) in [6.45, 7) is 11.7. The van der Waals surface area contributed by atoms with Gasteiger partial charge in [-0.05, 0) is 178 Å². The number of ketones is 4. The first-order valence-electron chi connectivity index (χ1n) is 26.2. The molecule has 1 saturated heterocycles. The third-order valence-electron chi connectivity index (χ3n) is 13.5. The van der Waals surface area contributed by atoms with E-state index >= 15 is 0 Å². The van der Waals surface area contributed by atoms with Crippen molar-refractivity contribution in [3.05, 3.63) is 254 Å². The molecule has 0 radical (unpaired) electrons. The van der Waals surface area contributed by atoms with E-state index in [4.69, 9.17) is 14.4 Å². The summed E-state index contributed by atoms with van der Waals surface area (Å²) in [5, 5.41) is 8.09. The lowest BCUT2D eigenvalue weighted by Crippen LogP contribution is -2.43. The van der Waals surface area contributed by atoms with Crippen molar-refractivity contribution >= 4 is 75.7 Å². The van der Waals surface area contributed by atoms with E-state index in [9.17, 15) is 28.8 Å². The number of aryl methyl sites for hydroxylation is 4. The van der Waals surface area contributed by atoms with Crippen molar-refractivity contribution < 1.29 is 43.2 Å². The summed E-state index contributed by atoms with van der Waals surface area (Å²) < 4.78 is 6.32. The van der Waals surface area contributed by atoms with Crippen LogP contribution in [0.5, 0.6) is 0 Å². The molecule has 0 bridgehead atoms. The summed E-state index contributed by atoms with van der Waals surface area (Å²) >= 11 is 2.99. The van der Waals surface area contributed by atoms with E-state index in [-0.39, 0.29) is 34.9 Å². The Bertz CT molecular complexity index is 3740. The van der Waals surface area contributed by atoms with Crippen molar-refractivity contribution in [2.75, 3.05) is 24.6 Å². The highest BCUT2D eigenvalue weighted by Crippen LogP contribution is 2.32. The minimum absolute atomic E-state index is 0.00559. The molecule has 81 heavy (non-hydrogen) atoms. The normalized spacial score (nSPS) is 13.6. The molecule has 0 amide bonds. The van der Waals surface area contributed by atoms with Crippen LogP contribution in [0.15, 0.2) is 212 Å². The average Bonchev–Trinajstić information content (AvgIpc) is 3.58. The third kappa shape index (κ3) is 14.3. The number of nitrogens with zero attached hydrogens (tertiary/aromatic N) is 3. The minimum atomic E-state index is -0.661. The van der Waals surface area contributed by atoms with Crippen LogP contribution in [0.1, 0.15) is 105 Å². The van der Waals surface area contributed by atoms with Crippen LogP contribution in [0.25, 0.3) is 0 Å². The number of hydrogen-bond donors (Lipinski definition) is 0. The van der Waals surface area contributed by atoms with Crippen molar-refractivity contribution in [2.45, 2.75) is 73.6 Å². The quantitative estimate of drug-likeness (QED) is 0.0327. The number of hydrogen-bond acceptors (Lipinski definition) is 14. The highest BCUT2D eigenvalue weighted by molar-refractivity contribution is 7.99. The van der Waals surface area contributed by atoms with Gasteiger partial charge >= 0.3 is 11.9 Å². The van der Waals surface area contributed by atoms with Crippen LogP contribution in [0, 0.1) is 27.7 Å². The number of benzene rings is 8. The number of carbonyl (C=O) groups excluding carboxylic acids is 6. The number of anilines is 1. The second-order valence-corrected chi connectivity index (χ2v) is 21.9. The van der Waals surface area contributed by atoms with Crippen LogP contribution in [0.4, 0.5) is 5.69 Å². The second-order valence-electron chi connectivity index (χ2n) is 19.6. The van der Waals surface area contributed by atoms with Gasteiger partial charge in [-0.3, -0.25) is 19.2 Å². The topological polar surface area (TPSA) is 158 Å². The molecule has 1 heterocycles. The summed E-state index contributed by atoms with van der Waals surface area (Å²) in [6.07, 6.45) is 0.159. The van der Waals surface area contributed by atoms with Gasteiger partial charge in [-0.1, -0.05) is 93.5 Å². The maximum atomic E-state index is 14.4. The van der Waals surface area contributed by atoms with Gasteiger partial charge in [0.1, 0.15) is 0 Å². The van der Waals surface area contributed by atoms with Crippen LogP contribution >= 0.6 is 23.5 Å². The van der Waals surface area contributed by atoms with Gasteiger partial charge in [0.15, 0.2) is 23.0 Å². The molecule has 0 aromatic heterocycles. The molecule has 1 fully saturated rings. The number of carbonyl (C=O) groups is 6. The maximum absolute atomic E-state index is 14.4. The Balaban J connectivity index is 0.821. The minimum Gasteiger partial charge on any atom is -0.374 e. The zero-order chi connectivity index (χ0) is 57.2. The molecule has 12 nitrogen and oxygen atoms in total.